The first-order valence-electron chi connectivity index (χ1n) is 7.77. The fraction of sp³-hybridized carbons (Fsp3) is 1.00. The predicted octanol–water partition coefficient (Wildman–Crippen LogP) is 10.2. The molecule has 0 aromatic heterocycles. The van der Waals surface area contributed by atoms with Crippen LogP contribution in [0.3, 0.4) is 0 Å². The van der Waals surface area contributed by atoms with Crippen molar-refractivity contribution in [1.82, 2.24) is 0 Å². The molecule has 6 nitrogen and oxygen atoms in total. The molecule has 1 rings (SSSR count). The molecule has 216 valence electrons. The molecule has 0 radical (unpaired) electrons. The van der Waals surface area contributed by atoms with E-state index in [0.717, 1.165) is 0 Å². The van der Waals surface area contributed by atoms with Crippen LogP contribution in [0.2, 0.25) is 0 Å². The lowest BCUT2D eigenvalue weighted by molar-refractivity contribution is -0.289. The molecule has 1 aliphatic heterocycles. The van der Waals surface area contributed by atoms with Gasteiger partial charge in [-0.3, -0.25) is 0 Å². The molecule has 0 amide bonds. The van der Waals surface area contributed by atoms with Crippen LogP contribution < -0.4 is 0 Å². The minimum absolute atomic E-state index is 2.79. The first-order chi connectivity index (χ1) is 15.5. The average Bonchev–Trinajstić information content (AvgIpc) is 2.60. The van der Waals surface area contributed by atoms with Gasteiger partial charge in [0.25, 0.3) is 0 Å². The zero-order valence-electron chi connectivity index (χ0n) is 15.8. The Bertz CT molecular complexity index is 856. The summed E-state index contributed by atoms with van der Waals surface area (Å²) in [5.41, 5.74) is 0. The summed E-state index contributed by atoms with van der Waals surface area (Å²) in [4.78, 5) is 0. The number of halogens is 18. The molecule has 0 aliphatic carbocycles. The molecule has 0 atom stereocenters. The highest BCUT2D eigenvalue weighted by molar-refractivity contribution is 8.05. The molecule has 0 saturated heterocycles. The lowest BCUT2D eigenvalue weighted by atomic mass is 10.3. The van der Waals surface area contributed by atoms with Crippen LogP contribution in [0.5, 0.6) is 0 Å². The number of nitrogens with zero attached hydrogens (tertiary/aromatic N) is 3. The second-order valence-corrected chi connectivity index (χ2v) is 15.8. The van der Waals surface area contributed by atoms with E-state index in [1.807, 2.05) is 0 Å². The van der Waals surface area contributed by atoms with E-state index >= 15 is 0 Å². The molecular weight excluding hydrogens is 682 g/mol. The maximum atomic E-state index is 13.2. The van der Waals surface area contributed by atoms with Crippen molar-refractivity contribution in [1.29, 1.82) is 0 Å². The van der Waals surface area contributed by atoms with Crippen LogP contribution in [0.4, 0.5) is 65.9 Å². The number of hydrogen-bond acceptors (Lipinski definition) is 6. The summed E-state index contributed by atoms with van der Waals surface area (Å²) in [7, 11) is 0. The van der Waals surface area contributed by atoms with Crippen molar-refractivity contribution in [3.8, 4) is 0 Å². The minimum Gasteiger partial charge on any atom is -0.309 e. The smallest absolute Gasteiger partial charge is 0.309 e. The lowest BCUT2D eigenvalue weighted by Crippen LogP contribution is -2.40. The van der Waals surface area contributed by atoms with E-state index in [1.165, 1.54) is 0 Å². The minimum atomic E-state index is -6.32. The molecule has 0 fully saturated rings. The molecule has 0 saturated carbocycles. The highest BCUT2D eigenvalue weighted by Crippen LogP contribution is 2.84. The summed E-state index contributed by atoms with van der Waals surface area (Å²) in [6.07, 6.45) is -19.0. The third kappa shape index (κ3) is 8.70. The molecule has 0 aromatic rings. The molecule has 0 aromatic carbocycles. The van der Waals surface area contributed by atoms with Crippen LogP contribution in [-0.2, 0) is 13.6 Å². The van der Waals surface area contributed by atoms with Crippen LogP contribution in [0.15, 0.2) is 13.5 Å². The highest BCUT2D eigenvalue weighted by atomic mass is 35.7. The molecule has 0 spiro atoms. The van der Waals surface area contributed by atoms with Gasteiger partial charge in [0.2, 0.25) is 0 Å². The second kappa shape index (κ2) is 10.4. The largest absolute Gasteiger partial charge is 0.455 e. The highest BCUT2D eigenvalue weighted by Gasteiger charge is 2.61. The maximum Gasteiger partial charge on any atom is 0.455 e. The molecule has 1 aliphatic rings. The van der Waals surface area contributed by atoms with Gasteiger partial charge in [-0.25, -0.2) is 0 Å². The van der Waals surface area contributed by atoms with Gasteiger partial charge in [-0.2, -0.15) is 79.4 Å². The molecule has 1 heterocycles. The lowest BCUT2D eigenvalue weighted by Gasteiger charge is -2.29. The van der Waals surface area contributed by atoms with E-state index < -0.39 is 76.5 Å². The van der Waals surface area contributed by atoms with Crippen molar-refractivity contribution < 1.29 is 79.4 Å². The van der Waals surface area contributed by atoms with Gasteiger partial charge in [0, 0.05) is 0 Å². The van der Waals surface area contributed by atoms with E-state index in [-0.39, 0.29) is 0 Å². The molecular formula is C9H6Cl3F15N3O3P3. The van der Waals surface area contributed by atoms with E-state index in [4.69, 9.17) is 33.7 Å². The summed E-state index contributed by atoms with van der Waals surface area (Å²) in [6, 6.07) is 0. The van der Waals surface area contributed by atoms with Crippen molar-refractivity contribution in [2.75, 3.05) is 19.8 Å². The molecule has 0 bridgehead atoms. The Morgan fingerprint density at radius 2 is 0.583 bits per heavy atom. The third-order valence-electron chi connectivity index (χ3n) is 3.14. The Hall–Kier alpha value is 0.390. The van der Waals surface area contributed by atoms with Gasteiger partial charge in [0.15, 0.2) is 0 Å². The van der Waals surface area contributed by atoms with Gasteiger partial charge in [-0.05, 0) is 33.7 Å². The van der Waals surface area contributed by atoms with E-state index in [0.29, 0.717) is 0 Å². The Labute approximate surface area is 203 Å². The van der Waals surface area contributed by atoms with Crippen molar-refractivity contribution in [3.05, 3.63) is 0 Å². The van der Waals surface area contributed by atoms with Crippen LogP contribution in [0.25, 0.3) is 0 Å². The van der Waals surface area contributed by atoms with Gasteiger partial charge in [0.05, 0.1) is 0 Å². The zero-order chi connectivity index (χ0) is 28.9. The van der Waals surface area contributed by atoms with E-state index in [1.54, 1.807) is 0 Å². The van der Waals surface area contributed by atoms with Crippen molar-refractivity contribution >= 4 is 54.1 Å². The zero-order valence-corrected chi connectivity index (χ0v) is 20.8. The number of alkyl halides is 15. The third-order valence-corrected chi connectivity index (χ3v) is 14.3. The van der Waals surface area contributed by atoms with Gasteiger partial charge in [-0.1, -0.05) is 0 Å². The summed E-state index contributed by atoms with van der Waals surface area (Å²) in [5, 5.41) is 0. The average molecular weight is 688 g/mol. The van der Waals surface area contributed by atoms with Gasteiger partial charge >= 0.3 is 56.7 Å². The van der Waals surface area contributed by atoms with Crippen LogP contribution in [-0.4, -0.2) is 56.1 Å². The van der Waals surface area contributed by atoms with Crippen molar-refractivity contribution in [2.45, 2.75) is 36.3 Å². The summed E-state index contributed by atoms with van der Waals surface area (Å²) < 4.78 is 210. The van der Waals surface area contributed by atoms with Crippen LogP contribution in [0, 0.1) is 0 Å². The quantitative estimate of drug-likeness (QED) is 0.179. The van der Waals surface area contributed by atoms with Crippen LogP contribution >= 0.6 is 54.1 Å². The van der Waals surface area contributed by atoms with Crippen molar-refractivity contribution in [3.63, 3.8) is 0 Å². The van der Waals surface area contributed by atoms with Crippen LogP contribution in [0.1, 0.15) is 0 Å². The Morgan fingerprint density at radius 1 is 0.417 bits per heavy atom. The van der Waals surface area contributed by atoms with Gasteiger partial charge in [0.1, 0.15) is 19.8 Å². The first-order valence-corrected chi connectivity index (χ1v) is 15.3. The predicted molar refractivity (Wildman–Crippen MR) is 96.5 cm³/mol. The SMILES string of the molecule is FC(F)(F)C(F)(F)COP1(Cl)=NP(Cl)(OCC(F)(F)C(F)(F)F)=NP(Cl)(OCC(F)(F)C(F)(F)F)=N1. The normalized spacial score (nSPS) is 28.8. The van der Waals surface area contributed by atoms with Crippen molar-refractivity contribution in [2.24, 2.45) is 13.5 Å². The topological polar surface area (TPSA) is 64.8 Å². The Morgan fingerprint density at radius 3 is 0.722 bits per heavy atom. The van der Waals surface area contributed by atoms with Gasteiger partial charge in [-0.15, -0.1) is 0 Å². The number of hydrogen-bond donors (Lipinski definition) is 0. The van der Waals surface area contributed by atoms with E-state index in [2.05, 4.69) is 27.1 Å². The standard InChI is InChI=1S/C9H6Cl3F15N3O3P3/c10-34(31-1-4(13,14)7(19,20)21)28-35(11,32-2-5(15,16)8(22,23)24)30-36(12,29-34)33-3-6(17,18)9(25,26)27/h1-3H2. The summed E-state index contributed by atoms with van der Waals surface area (Å²) in [6.45, 7) is -24.4. The Balaban J connectivity index is 3.52. The fourth-order valence-corrected chi connectivity index (χ4v) is 14.6. The number of rotatable bonds is 9. The summed E-state index contributed by atoms with van der Waals surface area (Å²) in [5.74, 6) is -17.2. The summed E-state index contributed by atoms with van der Waals surface area (Å²) >= 11 is 16.4. The fourth-order valence-electron chi connectivity index (χ4n) is 1.35. The maximum absolute atomic E-state index is 13.2. The van der Waals surface area contributed by atoms with Gasteiger partial charge < -0.3 is 13.6 Å². The molecule has 0 N–H and O–H groups in total. The monoisotopic (exact) mass is 687 g/mol. The van der Waals surface area contributed by atoms with E-state index in [9.17, 15) is 65.9 Å². The second-order valence-electron chi connectivity index (χ2n) is 6.11. The molecule has 0 unspecified atom stereocenters. The first kappa shape index (κ1) is 34.4. The molecule has 36 heavy (non-hydrogen) atoms. The Kier molecular flexibility index (Phi) is 9.96. The molecule has 27 heteroatoms.